The maximum Gasteiger partial charge on any atom is 0.0554 e. The van der Waals surface area contributed by atoms with Crippen LogP contribution in [0, 0.1) is 0 Å². The van der Waals surface area contributed by atoms with Crippen LogP contribution >= 0.6 is 11.6 Å². The van der Waals surface area contributed by atoms with Gasteiger partial charge in [-0.1, -0.05) is 29.8 Å². The minimum Gasteiger partial charge on any atom is -0.322 e. The van der Waals surface area contributed by atoms with Gasteiger partial charge in [0.1, 0.15) is 0 Å². The number of halogens is 1. The molecule has 4 heteroatoms. The highest BCUT2D eigenvalue weighted by atomic mass is 35.5. The quantitative estimate of drug-likeness (QED) is 0.906. The minimum atomic E-state index is -0.0719. The second-order valence-corrected chi connectivity index (χ2v) is 4.38. The van der Waals surface area contributed by atoms with Gasteiger partial charge in [0.2, 0.25) is 0 Å². The van der Waals surface area contributed by atoms with Crippen molar-refractivity contribution < 1.29 is 0 Å². The van der Waals surface area contributed by atoms with E-state index in [0.29, 0.717) is 0 Å². The summed E-state index contributed by atoms with van der Waals surface area (Å²) in [5.74, 6) is 0. The van der Waals surface area contributed by atoms with E-state index in [2.05, 4.69) is 12.0 Å². The molecule has 3 nitrogen and oxygen atoms in total. The van der Waals surface area contributed by atoms with Crippen molar-refractivity contribution in [3.8, 4) is 0 Å². The molecule has 0 saturated carbocycles. The van der Waals surface area contributed by atoms with Gasteiger partial charge in [-0.2, -0.15) is 5.10 Å². The van der Waals surface area contributed by atoms with Crippen molar-refractivity contribution in [2.75, 3.05) is 0 Å². The first-order chi connectivity index (χ1) is 8.22. The molecule has 0 aliphatic heterocycles. The first-order valence-electron chi connectivity index (χ1n) is 5.73. The summed E-state index contributed by atoms with van der Waals surface area (Å²) in [6.07, 6.45) is 2.51. The van der Waals surface area contributed by atoms with Gasteiger partial charge in [0, 0.05) is 17.8 Å². The Bertz CT molecular complexity index is 493. The second kappa shape index (κ2) is 5.34. The highest BCUT2D eigenvalue weighted by Crippen LogP contribution is 2.21. The molecule has 90 valence electrons. The summed E-state index contributed by atoms with van der Waals surface area (Å²) in [6, 6.07) is 9.69. The predicted molar refractivity (Wildman–Crippen MR) is 70.0 cm³/mol. The molecule has 2 rings (SSSR count). The fourth-order valence-electron chi connectivity index (χ4n) is 1.93. The second-order valence-electron chi connectivity index (χ2n) is 3.97. The lowest BCUT2D eigenvalue weighted by Crippen LogP contribution is -2.18. The lowest BCUT2D eigenvalue weighted by molar-refractivity contribution is 0.568. The van der Waals surface area contributed by atoms with E-state index in [1.807, 2.05) is 35.0 Å². The molecule has 0 spiro atoms. The Balaban J connectivity index is 2.17. The lowest BCUT2D eigenvalue weighted by Gasteiger charge is -2.14. The summed E-state index contributed by atoms with van der Waals surface area (Å²) in [6.45, 7) is 2.89. The number of hydrogen-bond acceptors (Lipinski definition) is 2. The van der Waals surface area contributed by atoms with Crippen LogP contribution in [-0.4, -0.2) is 9.78 Å². The van der Waals surface area contributed by atoms with Crippen LogP contribution < -0.4 is 5.73 Å². The zero-order valence-corrected chi connectivity index (χ0v) is 10.6. The number of hydrogen-bond donors (Lipinski definition) is 1. The molecule has 0 radical (unpaired) electrons. The number of aromatic nitrogens is 2. The molecule has 1 heterocycles. The minimum absolute atomic E-state index is 0.0719. The van der Waals surface area contributed by atoms with Gasteiger partial charge in [0.25, 0.3) is 0 Å². The summed E-state index contributed by atoms with van der Waals surface area (Å²) in [5.41, 5.74) is 8.32. The summed E-state index contributed by atoms with van der Waals surface area (Å²) in [5, 5.41) is 4.99. The molecule has 17 heavy (non-hydrogen) atoms. The van der Waals surface area contributed by atoms with E-state index >= 15 is 0 Å². The predicted octanol–water partition coefficient (Wildman–Crippen LogP) is 2.80. The molecule has 0 saturated heterocycles. The van der Waals surface area contributed by atoms with Gasteiger partial charge in [0.05, 0.1) is 11.7 Å². The van der Waals surface area contributed by atoms with Crippen LogP contribution in [0.1, 0.15) is 24.2 Å². The Morgan fingerprint density at radius 1 is 1.35 bits per heavy atom. The van der Waals surface area contributed by atoms with Gasteiger partial charge in [-0.05, 0) is 31.0 Å². The average Bonchev–Trinajstić information content (AvgIpc) is 2.80. The topological polar surface area (TPSA) is 43.8 Å². The van der Waals surface area contributed by atoms with Crippen molar-refractivity contribution in [3.05, 3.63) is 52.8 Å². The van der Waals surface area contributed by atoms with Gasteiger partial charge >= 0.3 is 0 Å². The maximum atomic E-state index is 6.20. The summed E-state index contributed by atoms with van der Waals surface area (Å²) >= 11 is 6.13. The van der Waals surface area contributed by atoms with Crippen LogP contribution in [0.4, 0.5) is 0 Å². The van der Waals surface area contributed by atoms with Crippen LogP contribution in [0.25, 0.3) is 0 Å². The highest BCUT2D eigenvalue weighted by molar-refractivity contribution is 6.31. The Morgan fingerprint density at radius 3 is 2.82 bits per heavy atom. The smallest absolute Gasteiger partial charge is 0.0554 e. The number of aryl methyl sites for hydroxylation is 1. The molecule has 0 aliphatic carbocycles. The van der Waals surface area contributed by atoms with Crippen molar-refractivity contribution in [1.29, 1.82) is 0 Å². The van der Waals surface area contributed by atoms with Gasteiger partial charge in [-0.25, -0.2) is 0 Å². The fraction of sp³-hybridized carbons (Fsp3) is 0.308. The number of nitrogens with zero attached hydrogens (tertiary/aromatic N) is 2. The summed E-state index contributed by atoms with van der Waals surface area (Å²) in [4.78, 5) is 0. The average molecular weight is 250 g/mol. The molecule has 0 fully saturated rings. The first kappa shape index (κ1) is 12.1. The third kappa shape index (κ3) is 2.68. The van der Waals surface area contributed by atoms with E-state index < -0.39 is 0 Å². The van der Waals surface area contributed by atoms with Crippen LogP contribution in [0.15, 0.2) is 36.5 Å². The Kier molecular flexibility index (Phi) is 3.82. The van der Waals surface area contributed by atoms with Crippen LogP contribution in [-0.2, 0) is 13.0 Å². The van der Waals surface area contributed by atoms with Crippen molar-refractivity contribution in [2.24, 2.45) is 5.73 Å². The Labute approximate surface area is 106 Å². The molecule has 0 bridgehead atoms. The molecule has 2 aromatic rings. The SMILES string of the molecule is CCn1nccc1C(N)Cc1ccccc1Cl. The third-order valence-electron chi connectivity index (χ3n) is 2.83. The molecule has 1 aromatic heterocycles. The van der Waals surface area contributed by atoms with Gasteiger partial charge < -0.3 is 5.73 Å². The van der Waals surface area contributed by atoms with E-state index in [4.69, 9.17) is 17.3 Å². The number of rotatable bonds is 4. The van der Waals surface area contributed by atoms with E-state index in [1.54, 1.807) is 6.20 Å². The summed E-state index contributed by atoms with van der Waals surface area (Å²) in [7, 11) is 0. The molecule has 0 aliphatic rings. The molecular weight excluding hydrogens is 234 g/mol. The zero-order valence-electron chi connectivity index (χ0n) is 9.81. The van der Waals surface area contributed by atoms with Gasteiger partial charge in [-0.3, -0.25) is 4.68 Å². The molecule has 1 unspecified atom stereocenters. The van der Waals surface area contributed by atoms with Crippen molar-refractivity contribution in [1.82, 2.24) is 9.78 Å². The maximum absolute atomic E-state index is 6.20. The Morgan fingerprint density at radius 2 is 2.12 bits per heavy atom. The van der Waals surface area contributed by atoms with E-state index in [1.165, 1.54) is 0 Å². The van der Waals surface area contributed by atoms with E-state index in [0.717, 1.165) is 29.2 Å². The van der Waals surface area contributed by atoms with Crippen LogP contribution in [0.3, 0.4) is 0 Å². The third-order valence-corrected chi connectivity index (χ3v) is 3.20. The number of nitrogens with two attached hydrogens (primary N) is 1. The number of benzene rings is 1. The molecular formula is C13H16ClN3. The largest absolute Gasteiger partial charge is 0.322 e. The molecule has 2 N–H and O–H groups in total. The van der Waals surface area contributed by atoms with Crippen LogP contribution in [0.2, 0.25) is 5.02 Å². The van der Waals surface area contributed by atoms with Crippen LogP contribution in [0.5, 0.6) is 0 Å². The normalized spacial score (nSPS) is 12.6. The Hall–Kier alpha value is -1.32. The van der Waals surface area contributed by atoms with E-state index in [-0.39, 0.29) is 6.04 Å². The van der Waals surface area contributed by atoms with Crippen molar-refractivity contribution >= 4 is 11.6 Å². The monoisotopic (exact) mass is 249 g/mol. The van der Waals surface area contributed by atoms with Crippen molar-refractivity contribution in [3.63, 3.8) is 0 Å². The molecule has 0 amide bonds. The highest BCUT2D eigenvalue weighted by Gasteiger charge is 2.13. The zero-order chi connectivity index (χ0) is 12.3. The van der Waals surface area contributed by atoms with Gasteiger partial charge in [-0.15, -0.1) is 0 Å². The van der Waals surface area contributed by atoms with Gasteiger partial charge in [0.15, 0.2) is 0 Å². The standard InChI is InChI=1S/C13H16ClN3/c1-2-17-13(7-8-16-17)12(15)9-10-5-3-4-6-11(10)14/h3-8,12H,2,9,15H2,1H3. The molecule has 1 atom stereocenters. The van der Waals surface area contributed by atoms with E-state index in [9.17, 15) is 0 Å². The van der Waals surface area contributed by atoms with Crippen molar-refractivity contribution in [2.45, 2.75) is 25.9 Å². The first-order valence-corrected chi connectivity index (χ1v) is 6.11. The molecule has 1 aromatic carbocycles. The summed E-state index contributed by atoms with van der Waals surface area (Å²) < 4.78 is 1.92. The fourth-order valence-corrected chi connectivity index (χ4v) is 2.14. The lowest BCUT2D eigenvalue weighted by atomic mass is 10.0.